The summed E-state index contributed by atoms with van der Waals surface area (Å²) in [7, 11) is 0. The van der Waals surface area contributed by atoms with Crippen LogP contribution >= 0.6 is 11.3 Å². The van der Waals surface area contributed by atoms with Crippen LogP contribution in [-0.4, -0.2) is 27.3 Å². The second kappa shape index (κ2) is 5.25. The van der Waals surface area contributed by atoms with Crippen LogP contribution in [0.15, 0.2) is 0 Å². The summed E-state index contributed by atoms with van der Waals surface area (Å²) in [5.41, 5.74) is 0. The average molecular weight is 243 g/mol. The molecule has 0 aliphatic heterocycles. The molecule has 1 aromatic rings. The van der Waals surface area contributed by atoms with E-state index in [9.17, 15) is 4.79 Å². The molecule has 6 heteroatoms. The third-order valence-electron chi connectivity index (χ3n) is 2.15. The van der Waals surface area contributed by atoms with Crippen molar-refractivity contribution in [2.45, 2.75) is 39.7 Å². The van der Waals surface area contributed by atoms with E-state index in [1.807, 2.05) is 27.7 Å². The maximum absolute atomic E-state index is 11.0. The van der Waals surface area contributed by atoms with Crippen LogP contribution in [0.25, 0.3) is 0 Å². The van der Waals surface area contributed by atoms with Crippen molar-refractivity contribution < 1.29 is 9.90 Å². The molecule has 16 heavy (non-hydrogen) atoms. The van der Waals surface area contributed by atoms with Crippen molar-refractivity contribution in [3.63, 3.8) is 0 Å². The molecule has 0 spiro atoms. The lowest BCUT2D eigenvalue weighted by Gasteiger charge is -2.16. The molecular weight excluding hydrogens is 226 g/mol. The number of aliphatic carboxylic acids is 1. The number of rotatable bonds is 5. The van der Waals surface area contributed by atoms with Crippen molar-refractivity contribution in [2.75, 3.05) is 5.32 Å². The lowest BCUT2D eigenvalue weighted by atomic mass is 10.1. The molecular formula is C10H17N3O2S. The molecule has 0 saturated carbocycles. The van der Waals surface area contributed by atoms with Crippen LogP contribution in [0.1, 0.15) is 38.6 Å². The van der Waals surface area contributed by atoms with E-state index in [1.165, 1.54) is 11.3 Å². The first kappa shape index (κ1) is 12.9. The number of carboxylic acids is 1. The first-order chi connectivity index (χ1) is 7.41. The minimum atomic E-state index is -0.865. The number of nitrogens with one attached hydrogen (secondary N) is 1. The number of hydrogen-bond acceptors (Lipinski definition) is 5. The number of anilines is 1. The van der Waals surface area contributed by atoms with E-state index in [0.717, 1.165) is 5.01 Å². The summed E-state index contributed by atoms with van der Waals surface area (Å²) in [6.45, 7) is 7.77. The Morgan fingerprint density at radius 1 is 1.31 bits per heavy atom. The number of aromatic nitrogens is 2. The first-order valence-electron chi connectivity index (χ1n) is 5.24. The highest BCUT2D eigenvalue weighted by Gasteiger charge is 2.22. The Kier molecular flexibility index (Phi) is 4.23. The van der Waals surface area contributed by atoms with Crippen molar-refractivity contribution in [3.05, 3.63) is 5.01 Å². The Hall–Kier alpha value is -1.17. The monoisotopic (exact) mass is 243 g/mol. The molecule has 1 heterocycles. The summed E-state index contributed by atoms with van der Waals surface area (Å²) in [5.74, 6) is -0.546. The van der Waals surface area contributed by atoms with Gasteiger partial charge in [-0.3, -0.25) is 0 Å². The third kappa shape index (κ3) is 3.16. The SMILES string of the molecule is CC(C)c1nnc(N[C@H](C(=O)O)C(C)C)s1. The third-order valence-corrected chi connectivity index (χ3v) is 3.30. The molecule has 0 radical (unpaired) electrons. The number of hydrogen-bond donors (Lipinski definition) is 2. The maximum atomic E-state index is 11.0. The van der Waals surface area contributed by atoms with Gasteiger partial charge in [-0.2, -0.15) is 0 Å². The van der Waals surface area contributed by atoms with Crippen LogP contribution in [0, 0.1) is 5.92 Å². The van der Waals surface area contributed by atoms with E-state index in [0.29, 0.717) is 11.0 Å². The van der Waals surface area contributed by atoms with Gasteiger partial charge in [-0.25, -0.2) is 4.79 Å². The van der Waals surface area contributed by atoms with Crippen LogP contribution in [0.2, 0.25) is 0 Å². The fraction of sp³-hybridized carbons (Fsp3) is 0.700. The molecule has 0 aliphatic carbocycles. The Balaban J connectivity index is 2.74. The van der Waals surface area contributed by atoms with Crippen molar-refractivity contribution in [3.8, 4) is 0 Å². The fourth-order valence-electron chi connectivity index (χ4n) is 1.17. The molecule has 0 bridgehead atoms. The zero-order valence-electron chi connectivity index (χ0n) is 9.89. The summed E-state index contributed by atoms with van der Waals surface area (Å²) in [6, 6.07) is -0.618. The van der Waals surface area contributed by atoms with E-state index < -0.39 is 12.0 Å². The van der Waals surface area contributed by atoms with Gasteiger partial charge in [-0.15, -0.1) is 10.2 Å². The van der Waals surface area contributed by atoms with Crippen molar-refractivity contribution in [1.82, 2.24) is 10.2 Å². The topological polar surface area (TPSA) is 75.1 Å². The van der Waals surface area contributed by atoms with Gasteiger partial charge in [-0.1, -0.05) is 39.0 Å². The molecule has 5 nitrogen and oxygen atoms in total. The van der Waals surface area contributed by atoms with Gasteiger partial charge in [0.25, 0.3) is 0 Å². The van der Waals surface area contributed by atoms with Gasteiger partial charge in [0.15, 0.2) is 0 Å². The normalized spacial score (nSPS) is 13.1. The second-order valence-electron chi connectivity index (χ2n) is 4.30. The summed E-state index contributed by atoms with van der Waals surface area (Å²) in [6.07, 6.45) is 0. The minimum Gasteiger partial charge on any atom is -0.480 e. The highest BCUT2D eigenvalue weighted by Crippen LogP contribution is 2.23. The lowest BCUT2D eigenvalue weighted by Crippen LogP contribution is -2.34. The molecule has 0 fully saturated rings. The quantitative estimate of drug-likeness (QED) is 0.829. The van der Waals surface area contributed by atoms with E-state index in [-0.39, 0.29) is 5.92 Å². The fourth-order valence-corrected chi connectivity index (χ4v) is 1.96. The highest BCUT2D eigenvalue weighted by molar-refractivity contribution is 7.15. The van der Waals surface area contributed by atoms with Gasteiger partial charge in [0, 0.05) is 5.92 Å². The molecule has 0 amide bonds. The van der Waals surface area contributed by atoms with Gasteiger partial charge in [0.1, 0.15) is 11.0 Å². The molecule has 1 rings (SSSR count). The first-order valence-corrected chi connectivity index (χ1v) is 6.06. The predicted molar refractivity (Wildman–Crippen MR) is 63.9 cm³/mol. The molecule has 0 aliphatic rings. The molecule has 2 N–H and O–H groups in total. The Bertz CT molecular complexity index is 363. The Morgan fingerprint density at radius 2 is 1.94 bits per heavy atom. The van der Waals surface area contributed by atoms with Crippen LogP contribution in [-0.2, 0) is 4.79 Å². The van der Waals surface area contributed by atoms with Gasteiger partial charge < -0.3 is 10.4 Å². The van der Waals surface area contributed by atoms with Gasteiger partial charge in [0.2, 0.25) is 5.13 Å². The zero-order valence-corrected chi connectivity index (χ0v) is 10.7. The van der Waals surface area contributed by atoms with E-state index in [4.69, 9.17) is 5.11 Å². The number of nitrogens with zero attached hydrogens (tertiary/aromatic N) is 2. The smallest absolute Gasteiger partial charge is 0.326 e. The number of carbonyl (C=O) groups is 1. The van der Waals surface area contributed by atoms with E-state index in [2.05, 4.69) is 15.5 Å². The summed E-state index contributed by atoms with van der Waals surface area (Å²) >= 11 is 1.41. The molecule has 90 valence electrons. The van der Waals surface area contributed by atoms with Crippen molar-refractivity contribution >= 4 is 22.4 Å². The predicted octanol–water partition coefficient (Wildman–Crippen LogP) is 2.18. The van der Waals surface area contributed by atoms with Gasteiger partial charge in [0.05, 0.1) is 0 Å². The van der Waals surface area contributed by atoms with Gasteiger partial charge in [-0.05, 0) is 5.92 Å². The molecule has 1 aromatic heterocycles. The van der Waals surface area contributed by atoms with Crippen LogP contribution in [0.4, 0.5) is 5.13 Å². The van der Waals surface area contributed by atoms with Crippen molar-refractivity contribution in [2.24, 2.45) is 5.92 Å². The summed E-state index contributed by atoms with van der Waals surface area (Å²) in [5, 5.41) is 21.3. The van der Waals surface area contributed by atoms with Crippen molar-refractivity contribution in [1.29, 1.82) is 0 Å². The number of carboxylic acid groups (broad SMARTS) is 1. The van der Waals surface area contributed by atoms with E-state index >= 15 is 0 Å². The van der Waals surface area contributed by atoms with Crippen LogP contribution in [0.3, 0.4) is 0 Å². The molecule has 0 aromatic carbocycles. The molecule has 1 atom stereocenters. The van der Waals surface area contributed by atoms with Crippen LogP contribution in [0.5, 0.6) is 0 Å². The second-order valence-corrected chi connectivity index (χ2v) is 5.31. The molecule has 0 unspecified atom stereocenters. The van der Waals surface area contributed by atoms with Crippen LogP contribution < -0.4 is 5.32 Å². The Morgan fingerprint density at radius 3 is 2.31 bits per heavy atom. The lowest BCUT2D eigenvalue weighted by molar-refractivity contribution is -0.138. The maximum Gasteiger partial charge on any atom is 0.326 e. The minimum absolute atomic E-state index is 0.00361. The average Bonchev–Trinajstić information content (AvgIpc) is 2.61. The highest BCUT2D eigenvalue weighted by atomic mass is 32.1. The summed E-state index contributed by atoms with van der Waals surface area (Å²) < 4.78 is 0. The largest absolute Gasteiger partial charge is 0.480 e. The van der Waals surface area contributed by atoms with E-state index in [1.54, 1.807) is 0 Å². The van der Waals surface area contributed by atoms with Gasteiger partial charge >= 0.3 is 5.97 Å². The Labute approximate surface area is 98.9 Å². The molecule has 0 saturated heterocycles. The zero-order chi connectivity index (χ0) is 12.3. The summed E-state index contributed by atoms with van der Waals surface area (Å²) in [4.78, 5) is 11.0. The standard InChI is InChI=1S/C10H17N3O2S/c1-5(2)7(9(14)15)11-10-13-12-8(16-10)6(3)4/h5-7H,1-4H3,(H,11,13)(H,14,15)/t7-/m0/s1.